The summed E-state index contributed by atoms with van der Waals surface area (Å²) < 4.78 is 280. The van der Waals surface area contributed by atoms with Crippen molar-refractivity contribution >= 4 is 0 Å². The van der Waals surface area contributed by atoms with Gasteiger partial charge in [0.2, 0.25) is 22.8 Å². The van der Waals surface area contributed by atoms with Crippen molar-refractivity contribution in [2.24, 2.45) is 39.0 Å². The Labute approximate surface area is 693 Å². The molecule has 0 bridgehead atoms. The zero-order valence-electron chi connectivity index (χ0n) is 95.4. The van der Waals surface area contributed by atoms with Gasteiger partial charge in [0, 0.05) is 109 Å². The van der Waals surface area contributed by atoms with Crippen molar-refractivity contribution in [1.29, 1.82) is 0 Å². The summed E-state index contributed by atoms with van der Waals surface area (Å²) in [4.78, 5) is 0. The van der Waals surface area contributed by atoms with E-state index in [9.17, 15) is 13.2 Å². The van der Waals surface area contributed by atoms with Crippen molar-refractivity contribution in [3.63, 3.8) is 0 Å². The van der Waals surface area contributed by atoms with Gasteiger partial charge in [-0.25, -0.2) is 18.3 Å². The van der Waals surface area contributed by atoms with Gasteiger partial charge < -0.3 is 0 Å². The second-order valence-corrected chi connectivity index (χ2v) is 30.5. The fraction of sp³-hybridized carbons (Fsp3) is 0.333. The second kappa shape index (κ2) is 34.0. The number of pyridine rings is 4. The molecule has 8 aromatic carbocycles. The largest absolute Gasteiger partial charge is 0.394 e. The molecule has 4 aromatic heterocycles. The number of aromatic nitrogens is 4. The third-order valence-electron chi connectivity index (χ3n) is 19.6. The van der Waals surface area contributed by atoms with Gasteiger partial charge >= 0.3 is 6.18 Å². The summed E-state index contributed by atoms with van der Waals surface area (Å²) in [6.07, 6.45) is -2.71. The molecule has 0 N–H and O–H groups in total. The lowest BCUT2D eigenvalue weighted by Gasteiger charge is -2.27. The number of halogens is 3. The first-order valence-electron chi connectivity index (χ1n) is 50.7. The monoisotopic (exact) mass is 1490 g/mol. The van der Waals surface area contributed by atoms with E-state index in [4.69, 9.17) is 39.8 Å². The number of hydrogen-bond donors (Lipinski definition) is 0. The van der Waals surface area contributed by atoms with Crippen LogP contribution < -0.4 is 18.3 Å². The van der Waals surface area contributed by atoms with Crippen LogP contribution in [0.2, 0.25) is 0 Å². The van der Waals surface area contributed by atoms with E-state index in [0.717, 1.165) is 86.6 Å². The first kappa shape index (κ1) is 51.5. The zero-order chi connectivity index (χ0) is 105. The highest BCUT2D eigenvalue weighted by atomic mass is 19.4. The van der Waals surface area contributed by atoms with Crippen LogP contribution >= 0.6 is 0 Å². The minimum atomic E-state index is -4.79. The van der Waals surface area contributed by atoms with Gasteiger partial charge in [-0.05, 0) is 293 Å². The molecule has 566 valence electrons. The molecule has 0 aliphatic heterocycles. The van der Waals surface area contributed by atoms with Crippen molar-refractivity contribution in [3.8, 4) is 89.5 Å². The molecule has 0 amide bonds. The van der Waals surface area contributed by atoms with Crippen LogP contribution in [-0.4, -0.2) is 6.18 Å². The first-order valence-corrected chi connectivity index (χ1v) is 36.2. The van der Waals surface area contributed by atoms with Crippen molar-refractivity contribution < 1.29 is 71.2 Å². The molecule has 109 heavy (non-hydrogen) atoms. The van der Waals surface area contributed by atoms with Crippen molar-refractivity contribution in [2.45, 2.75) is 190 Å². The van der Waals surface area contributed by atoms with Crippen LogP contribution in [0.15, 0.2) is 195 Å². The zero-order valence-corrected chi connectivity index (χ0v) is 66.4. The van der Waals surface area contributed by atoms with E-state index in [2.05, 4.69) is 0 Å². The topological polar surface area (TPSA) is 15.5 Å². The SMILES string of the molecule is [2H]C([2H])([2H])c1c[n+](C)c(-c2cc(-c3ccc(C([2H])([2H])C(C)(C)C(F)(F)F)cc3)c(C([2H])([2H])[2H])cc2C)cc1C.[2H]C([2H])([2H])c1c[n+](C)c(-c2cc(-c3ccc(C([2H])([2H])C(C)(C)C)cc3)c(C([2H])([2H])[2H])cc2C)cc1C.[2H]C([2H])([2H])c1c[n+](C)c(-c2cc(-c3cccc(C([2H])(C)C)c3)c(C([2H])([2H])[2H])cc2C)cc1C.[2H]C([2H])([2H])c1c[n+](C)c(-c2cc(-c3cccc(C)c3)c(C([2H])([2H])[2H])cc2C)cc1C. The van der Waals surface area contributed by atoms with Crippen LogP contribution in [0, 0.1) is 128 Å². The highest BCUT2D eigenvalue weighted by Crippen LogP contribution is 2.42. The molecule has 4 heterocycles. The molecule has 4 nitrogen and oxygen atoms in total. The summed E-state index contributed by atoms with van der Waals surface area (Å²) in [6, 6.07) is 48.8. The van der Waals surface area contributed by atoms with Gasteiger partial charge in [0.1, 0.15) is 28.2 Å². The quantitative estimate of drug-likeness (QED) is 0.108. The first-order chi connectivity index (χ1) is 62.5. The summed E-state index contributed by atoms with van der Waals surface area (Å²) in [6.45, 7) is 8.74. The van der Waals surface area contributed by atoms with Gasteiger partial charge in [0.05, 0.1) is 5.41 Å². The van der Waals surface area contributed by atoms with Crippen molar-refractivity contribution in [1.82, 2.24) is 0 Å². The summed E-state index contributed by atoms with van der Waals surface area (Å²) in [7, 11) is 7.09. The van der Waals surface area contributed by atoms with Crippen LogP contribution in [-0.2, 0) is 40.9 Å². The van der Waals surface area contributed by atoms with Gasteiger partial charge in [-0.1, -0.05) is 175 Å². The molecular formula is C102H121F3N4+4. The Hall–Kier alpha value is -9.85. The van der Waals surface area contributed by atoms with Crippen LogP contribution in [0.3, 0.4) is 0 Å². The van der Waals surface area contributed by atoms with E-state index in [1.54, 1.807) is 161 Å². The minimum Gasteiger partial charge on any atom is -0.201 e. The van der Waals surface area contributed by atoms with Crippen LogP contribution in [0.1, 0.15) is 205 Å². The lowest BCUT2D eigenvalue weighted by Crippen LogP contribution is -2.34. The Bertz CT molecular complexity index is 6550. The third kappa shape index (κ3) is 20.0. The van der Waals surface area contributed by atoms with Crippen molar-refractivity contribution in [2.75, 3.05) is 0 Å². The molecule has 12 rings (SSSR count). The van der Waals surface area contributed by atoms with E-state index in [-0.39, 0.29) is 38.9 Å². The fourth-order valence-corrected chi connectivity index (χ4v) is 13.1. The number of rotatable bonds is 12. The maximum Gasteiger partial charge on any atom is 0.394 e. The Morgan fingerprint density at radius 3 is 0.899 bits per heavy atom. The highest BCUT2D eigenvalue weighted by Gasteiger charge is 2.47. The predicted octanol–water partition coefficient (Wildman–Crippen LogP) is 25.5. The summed E-state index contributed by atoms with van der Waals surface area (Å²) in [5.74, 6) is -0.821. The van der Waals surface area contributed by atoms with Gasteiger partial charge in [0.25, 0.3) is 0 Å². The van der Waals surface area contributed by atoms with Gasteiger partial charge in [-0.2, -0.15) is 13.2 Å². The Kier molecular flexibility index (Phi) is 16.1. The number of hydrogen-bond acceptors (Lipinski definition) is 0. The van der Waals surface area contributed by atoms with Crippen LogP contribution in [0.5, 0.6) is 0 Å². The molecule has 0 unspecified atom stereocenters. The molecular weight excluding hydrogens is 1340 g/mol. The summed E-state index contributed by atoms with van der Waals surface area (Å²) in [5.41, 5.74) is 17.3. The molecule has 0 atom stereocenters. The van der Waals surface area contributed by atoms with Crippen LogP contribution in [0.25, 0.3) is 89.5 Å². The molecule has 0 aliphatic rings. The third-order valence-corrected chi connectivity index (χ3v) is 19.6. The average molecular weight is 1490 g/mol. The number of aryl methyl sites for hydroxylation is 21. The lowest BCUT2D eigenvalue weighted by molar-refractivity contribution is -0.660. The second-order valence-electron chi connectivity index (χ2n) is 30.5. The molecule has 0 radical (unpaired) electrons. The van der Waals surface area contributed by atoms with E-state index < -0.39 is 90.5 Å². The molecule has 0 saturated carbocycles. The Morgan fingerprint density at radius 1 is 0.321 bits per heavy atom. The maximum absolute atomic E-state index is 13.6. The Balaban J connectivity index is 0.000000207. The minimum absolute atomic E-state index is 0.0358. The molecule has 12 aromatic rings. The fourth-order valence-electron chi connectivity index (χ4n) is 13.1. The van der Waals surface area contributed by atoms with Gasteiger partial charge in [0.15, 0.2) is 24.8 Å². The molecule has 0 saturated heterocycles. The molecule has 0 spiro atoms. The standard InChI is InChI=1S/C27H31F3N.C27H34N.C25H30N.C23H26N/c1-17-13-25(31(7)16-20(17)4)24-14-23(18(2)12-19(24)3)22-10-8-21(9-11-22)15-26(5,6)27(28,29)30;1-18-14-26(28(8)17-21(18)4)25-15-24(19(2)13-20(25)3)23-11-9-22(10-12-23)16-27(5,6)7;1-16(2)21-9-8-10-22(13-21)23-14-24(19(5)11-18(23)4)25-12-17(3)20(6)15-26(25)7;1-15-8-7-9-20(10-15)21-13-22(18(4)11-17(21)3)23-12-16(2)19(5)14-24(23)6/h8-14,16H,15H2,1-7H3;9-15,17H,16H2,1-8H3;8-16H,1-7H3;7-14H,1-6H3/q4*+1/i2D3,4D3,15D2;2D3,4D3,16D2;4D3,6D3,16D;3D3,5D3. The van der Waals surface area contributed by atoms with E-state index >= 15 is 0 Å². The molecule has 0 fully saturated rings. The average Bonchev–Trinajstić information content (AvgIpc) is 0.750. The number of benzene rings is 8. The maximum atomic E-state index is 13.6. The molecule has 0 aliphatic carbocycles. The number of nitrogens with zero attached hydrogens (tertiary/aromatic N) is 4. The summed E-state index contributed by atoms with van der Waals surface area (Å²) in [5, 5.41) is 0. The highest BCUT2D eigenvalue weighted by molar-refractivity contribution is 5.80. The predicted molar refractivity (Wildman–Crippen MR) is 455 cm³/mol. The lowest BCUT2D eigenvalue weighted by atomic mass is 9.84. The molecule has 7 heteroatoms. The van der Waals surface area contributed by atoms with E-state index in [1.807, 2.05) is 140 Å². The van der Waals surface area contributed by atoms with Crippen molar-refractivity contribution in [3.05, 3.63) is 306 Å². The van der Waals surface area contributed by atoms with Gasteiger partial charge in [-0.15, -0.1) is 0 Å². The van der Waals surface area contributed by atoms with E-state index in [0.29, 0.717) is 89.1 Å². The summed E-state index contributed by atoms with van der Waals surface area (Å²) >= 11 is 0. The smallest absolute Gasteiger partial charge is 0.201 e. The van der Waals surface area contributed by atoms with Crippen LogP contribution in [0.4, 0.5) is 13.2 Å². The van der Waals surface area contributed by atoms with Gasteiger partial charge in [-0.3, -0.25) is 0 Å². The Morgan fingerprint density at radius 2 is 0.615 bits per heavy atom. The van der Waals surface area contributed by atoms with E-state index in [1.165, 1.54) is 36.5 Å². The normalized spacial score (nSPS) is 16.8. The number of alkyl halides is 3.